The molecule has 0 aromatic rings. The largest absolute Gasteiger partial charge is 0.394 e. The topological polar surface area (TPSA) is 475 Å². The van der Waals surface area contributed by atoms with Crippen LogP contribution in [0.1, 0.15) is 0 Å². The summed E-state index contributed by atoms with van der Waals surface area (Å²) in [7, 11) is 0. The lowest BCUT2D eigenvalue weighted by Gasteiger charge is -2.50. The molecule has 22 heterocycles. The number of hydrogen-bond donors (Lipinski definition) is 18. The van der Waals surface area contributed by atoms with Crippen molar-refractivity contribution in [1.82, 2.24) is 0 Å². The van der Waals surface area contributed by atoms with Crippen molar-refractivity contribution in [3.05, 3.63) is 0 Å². The molecule has 12 bridgehead atoms. The van der Waals surface area contributed by atoms with E-state index >= 15 is 0 Å². The highest BCUT2D eigenvalue weighted by Crippen LogP contribution is 2.38. The van der Waals surface area contributed by atoms with Gasteiger partial charge in [-0.25, -0.2) is 0 Å². The summed E-state index contributed by atoms with van der Waals surface area (Å²) < 4.78 is 67.9. The van der Waals surface area contributed by atoms with Crippen molar-refractivity contribution in [2.45, 2.75) is 184 Å². The molecule has 30 heteroatoms. The van der Waals surface area contributed by atoms with Gasteiger partial charge in [-0.05, 0) is 0 Å². The zero-order valence-corrected chi connectivity index (χ0v) is 34.5. The Kier molecular flexibility index (Phi) is 17.6. The Balaban J connectivity index is 1.19. The highest BCUT2D eigenvalue weighted by Gasteiger charge is 2.58. The first kappa shape index (κ1) is 52.6. The molecule has 0 aliphatic carbocycles. The Morgan fingerprint density at radius 3 is 0.409 bits per heavy atom. The van der Waals surface area contributed by atoms with Crippen LogP contribution >= 0.6 is 0 Å². The predicted octanol–water partition coefficient (Wildman–Crippen LogP) is -13.1. The quantitative estimate of drug-likeness (QED) is 0.117. The smallest absolute Gasteiger partial charge is 0.187 e. The number of hydrogen-bond acceptors (Lipinski definition) is 30. The molecule has 30 nitrogen and oxygen atoms in total. The van der Waals surface area contributed by atoms with Gasteiger partial charge < -0.3 is 149 Å². The van der Waals surface area contributed by atoms with Crippen molar-refractivity contribution in [2.75, 3.05) is 39.6 Å². The molecule has 0 radical (unpaired) electrons. The predicted molar refractivity (Wildman–Crippen MR) is 196 cm³/mol. The molecule has 0 aromatic heterocycles. The van der Waals surface area contributed by atoms with E-state index in [1.54, 1.807) is 0 Å². The highest BCUT2D eigenvalue weighted by atomic mass is 16.8. The number of aliphatic hydroxyl groups is 18. The van der Waals surface area contributed by atoms with Crippen molar-refractivity contribution >= 4 is 0 Å². The van der Waals surface area contributed by atoms with Gasteiger partial charge in [0.2, 0.25) is 0 Å². The number of rotatable bonds is 6. The first-order chi connectivity index (χ1) is 31.4. The monoisotopic (exact) mass is 972 g/mol. The maximum atomic E-state index is 11.2. The summed E-state index contributed by atoms with van der Waals surface area (Å²) in [5.41, 5.74) is 0. The zero-order valence-electron chi connectivity index (χ0n) is 34.5. The summed E-state index contributed by atoms with van der Waals surface area (Å²) in [4.78, 5) is 0. The molecule has 0 aromatic carbocycles. The molecule has 22 fully saturated rings. The Labute approximate surface area is 372 Å². The second-order valence-corrected chi connectivity index (χ2v) is 16.8. The molecule has 22 rings (SSSR count). The van der Waals surface area contributed by atoms with Gasteiger partial charge in [-0.3, -0.25) is 0 Å². The van der Waals surface area contributed by atoms with Crippen LogP contribution in [0, 0.1) is 0 Å². The van der Waals surface area contributed by atoms with Crippen LogP contribution in [0.5, 0.6) is 0 Å². The van der Waals surface area contributed by atoms with E-state index in [1.807, 2.05) is 0 Å². The molecule has 22 aliphatic heterocycles. The third-order valence-corrected chi connectivity index (χ3v) is 12.7. The molecule has 0 spiro atoms. The third kappa shape index (κ3) is 10.0. The maximum Gasteiger partial charge on any atom is 0.187 e. The van der Waals surface area contributed by atoms with Crippen molar-refractivity contribution in [2.24, 2.45) is 0 Å². The van der Waals surface area contributed by atoms with E-state index in [4.69, 9.17) is 56.8 Å². The average molecular weight is 973 g/mol. The van der Waals surface area contributed by atoms with Gasteiger partial charge in [0.1, 0.15) is 146 Å². The summed E-state index contributed by atoms with van der Waals surface area (Å²) in [5, 5.41) is 196. The second-order valence-electron chi connectivity index (χ2n) is 16.8. The van der Waals surface area contributed by atoms with Crippen molar-refractivity contribution in [3.8, 4) is 0 Å². The van der Waals surface area contributed by atoms with Gasteiger partial charge >= 0.3 is 0 Å². The fraction of sp³-hybridized carbons (Fsp3) is 1.00. The average Bonchev–Trinajstić information content (AvgIpc) is 3.31. The lowest BCUT2D eigenvalue weighted by molar-refractivity contribution is -0.404. The summed E-state index contributed by atoms with van der Waals surface area (Å²) in [5.74, 6) is 0. The third-order valence-electron chi connectivity index (χ3n) is 12.7. The Bertz CT molecular complexity index is 1230. The van der Waals surface area contributed by atoms with Crippen LogP contribution in [-0.2, 0) is 56.8 Å². The van der Waals surface area contributed by atoms with Crippen LogP contribution in [0.4, 0.5) is 0 Å². The first-order valence-electron chi connectivity index (χ1n) is 21.1. The van der Waals surface area contributed by atoms with Crippen LogP contribution in [0.3, 0.4) is 0 Å². The van der Waals surface area contributed by atoms with Crippen LogP contribution in [0.2, 0.25) is 0 Å². The summed E-state index contributed by atoms with van der Waals surface area (Å²) in [6.45, 7) is -5.99. The van der Waals surface area contributed by atoms with Crippen LogP contribution in [-0.4, -0.2) is 316 Å². The minimum Gasteiger partial charge on any atom is -0.394 e. The van der Waals surface area contributed by atoms with Gasteiger partial charge in [-0.2, -0.15) is 0 Å². The molecule has 13 unspecified atom stereocenters. The van der Waals surface area contributed by atoms with Crippen LogP contribution < -0.4 is 0 Å². The molecule has 0 amide bonds. The van der Waals surface area contributed by atoms with E-state index in [0.29, 0.717) is 0 Å². The molecule has 18 N–H and O–H groups in total. The lowest BCUT2D eigenvalue weighted by atomic mass is 9.94. The summed E-state index contributed by atoms with van der Waals surface area (Å²) >= 11 is 0. The standard InChI is InChI=1S/C36H60O30/c37-1-7-25-13(43)19(49)31(55-7)62-26-8(2-38)57-33(21(51)15(26)45)64-28-10(4-40)59-35(23(53)17(28)47)66-30-12(6-42)60-36(24(54)18(30)48)65-29-11(5-41)58-34(22(52)16(29)46)63-27-9(3-39)56-32(61-25)20(50)14(27)44/h7-54H,1-6H2/t7?,8?,9?,10?,11?,12?,13-,14-,15-,16-,17-,18-,19?,20?,21?,22?,23?,24?,25-,26-,27-,28-,29-,30?,31-,32-,33-,34-,35-,36-/m1/s1. The molecule has 22 aliphatic rings. The van der Waals surface area contributed by atoms with Gasteiger partial charge in [0, 0.05) is 0 Å². The van der Waals surface area contributed by atoms with E-state index in [0.717, 1.165) is 0 Å². The number of aliphatic hydroxyl groups excluding tert-OH is 18. The summed E-state index contributed by atoms with van der Waals surface area (Å²) in [6, 6.07) is 0. The normalized spacial score (nSPS) is 55.4. The van der Waals surface area contributed by atoms with Gasteiger partial charge in [0.05, 0.1) is 39.6 Å². The maximum absolute atomic E-state index is 11.2. The van der Waals surface area contributed by atoms with E-state index in [2.05, 4.69) is 0 Å². The van der Waals surface area contributed by atoms with Gasteiger partial charge in [-0.15, -0.1) is 0 Å². The lowest BCUT2D eigenvalue weighted by Crippen LogP contribution is -2.69. The fourth-order valence-corrected chi connectivity index (χ4v) is 8.93. The highest BCUT2D eigenvalue weighted by molar-refractivity contribution is 5.01. The molecule has 384 valence electrons. The Hall–Kier alpha value is -1.20. The second kappa shape index (κ2) is 22.1. The summed E-state index contributed by atoms with van der Waals surface area (Å²) in [6.07, 6.45) is -58.5. The van der Waals surface area contributed by atoms with Crippen LogP contribution in [0.25, 0.3) is 0 Å². The Morgan fingerprint density at radius 1 is 0.182 bits per heavy atom. The van der Waals surface area contributed by atoms with Gasteiger partial charge in [-0.1, -0.05) is 0 Å². The SMILES string of the molecule is OCC1O[C@@H]2O[C@@H]3C(CO)O[C@H](O[C@@H]4C(CO)O[C@H](O[C@@H]5C(CO)O[C@H](O[C@@H]6C(CO)O[C@H](O[C@@H]7C(CO)O[C@H](OC1[C@H](O)C2O)C(O)[C@H]7O)C(O)[C@H]6O)C(O)[C@H]5O)C(O)[C@H]4O)C(O)[C@H]3O. The number of ether oxygens (including phenoxy) is 12. The van der Waals surface area contributed by atoms with E-state index < -0.39 is 224 Å². The van der Waals surface area contributed by atoms with Crippen molar-refractivity contribution in [1.29, 1.82) is 0 Å². The van der Waals surface area contributed by atoms with E-state index in [1.165, 1.54) is 0 Å². The van der Waals surface area contributed by atoms with E-state index in [-0.39, 0.29) is 0 Å². The van der Waals surface area contributed by atoms with Crippen LogP contribution in [0.15, 0.2) is 0 Å². The van der Waals surface area contributed by atoms with Gasteiger partial charge in [0.25, 0.3) is 0 Å². The van der Waals surface area contributed by atoms with Crippen molar-refractivity contribution in [3.63, 3.8) is 0 Å². The molecule has 22 saturated heterocycles. The van der Waals surface area contributed by atoms with Gasteiger partial charge in [0.15, 0.2) is 37.7 Å². The molecule has 66 heavy (non-hydrogen) atoms. The Morgan fingerprint density at radius 2 is 0.303 bits per heavy atom. The molecule has 30 atom stereocenters. The minimum atomic E-state index is -2.15. The minimum absolute atomic E-state index is 0.999. The zero-order chi connectivity index (χ0) is 48.0. The van der Waals surface area contributed by atoms with Crippen molar-refractivity contribution < 1.29 is 149 Å². The first-order valence-corrected chi connectivity index (χ1v) is 21.1. The van der Waals surface area contributed by atoms with E-state index in [9.17, 15) is 91.9 Å². The fourth-order valence-electron chi connectivity index (χ4n) is 8.93. The molecular weight excluding hydrogens is 912 g/mol. The molecule has 0 saturated carbocycles. The molecular formula is C36H60O30.